The van der Waals surface area contributed by atoms with Crippen LogP contribution in [0.4, 0.5) is 16.2 Å². The van der Waals surface area contributed by atoms with E-state index in [0.29, 0.717) is 16.4 Å². The fraction of sp³-hybridized carbons (Fsp3) is 0.0435. The van der Waals surface area contributed by atoms with Crippen LogP contribution in [0.1, 0.15) is 5.56 Å². The summed E-state index contributed by atoms with van der Waals surface area (Å²) in [5, 5.41) is 9.20. The van der Waals surface area contributed by atoms with Crippen molar-refractivity contribution in [1.29, 1.82) is 0 Å². The van der Waals surface area contributed by atoms with Gasteiger partial charge >= 0.3 is 6.03 Å². The van der Waals surface area contributed by atoms with Crippen LogP contribution in [0, 0.1) is 6.92 Å². The largest absolute Gasteiger partial charge is 0.323 e. The van der Waals surface area contributed by atoms with Gasteiger partial charge in [0.05, 0.1) is 5.69 Å². The minimum atomic E-state index is -0.324. The number of nitrogens with zero attached hydrogens (tertiary/aromatic N) is 1. The Morgan fingerprint density at radius 3 is 2.45 bits per heavy atom. The number of hydrogen-bond acceptors (Lipinski definition) is 3. The molecule has 2 amide bonds. The molecule has 0 saturated heterocycles. The smallest absolute Gasteiger partial charge is 0.308 e. The van der Waals surface area contributed by atoms with E-state index in [-0.39, 0.29) is 6.03 Å². The summed E-state index contributed by atoms with van der Waals surface area (Å²) in [6, 6.07) is 22.5. The molecule has 0 unspecified atom stereocenters. The van der Waals surface area contributed by atoms with Gasteiger partial charge in [-0.2, -0.15) is 0 Å². The molecule has 4 aromatic rings. The molecular weight excluding hydrogens is 402 g/mol. The summed E-state index contributed by atoms with van der Waals surface area (Å²) in [6.07, 6.45) is 0. The number of benzene rings is 3. The lowest BCUT2D eigenvalue weighted by Gasteiger charge is -2.08. The van der Waals surface area contributed by atoms with Gasteiger partial charge in [0.25, 0.3) is 0 Å². The van der Waals surface area contributed by atoms with Crippen LogP contribution in [0.3, 0.4) is 0 Å². The Morgan fingerprint density at radius 1 is 0.931 bits per heavy atom. The van der Waals surface area contributed by atoms with Crippen molar-refractivity contribution < 1.29 is 4.79 Å². The zero-order valence-electron chi connectivity index (χ0n) is 15.6. The van der Waals surface area contributed by atoms with Gasteiger partial charge < -0.3 is 10.6 Å². The molecule has 1 aromatic heterocycles. The van der Waals surface area contributed by atoms with Crippen LogP contribution in [0.5, 0.6) is 0 Å². The van der Waals surface area contributed by atoms with Crippen LogP contribution in [-0.2, 0) is 0 Å². The molecule has 0 fully saturated rings. The third-order valence-electron chi connectivity index (χ3n) is 4.40. The number of aromatic nitrogens is 1. The fourth-order valence-electron chi connectivity index (χ4n) is 2.93. The molecule has 144 valence electrons. The third-order valence-corrected chi connectivity index (χ3v) is 5.51. The minimum Gasteiger partial charge on any atom is -0.308 e. The van der Waals surface area contributed by atoms with E-state index in [0.717, 1.165) is 21.8 Å². The van der Waals surface area contributed by atoms with Crippen molar-refractivity contribution in [2.45, 2.75) is 6.92 Å². The van der Waals surface area contributed by atoms with Crippen molar-refractivity contribution in [2.75, 3.05) is 10.6 Å². The number of nitrogens with one attached hydrogen (secondary N) is 2. The lowest BCUT2D eigenvalue weighted by atomic mass is 10.1. The Bertz CT molecular complexity index is 1150. The van der Waals surface area contributed by atoms with Gasteiger partial charge in [-0.25, -0.2) is 9.78 Å². The molecule has 0 bridgehead atoms. The van der Waals surface area contributed by atoms with Crippen LogP contribution < -0.4 is 10.6 Å². The number of rotatable bonds is 4. The first kappa shape index (κ1) is 19.2. The predicted octanol–water partition coefficient (Wildman–Crippen LogP) is 7.08. The number of carbonyl (C=O) groups excluding carboxylic acids is 1. The maximum Gasteiger partial charge on any atom is 0.323 e. The fourth-order valence-corrected chi connectivity index (χ4v) is 4.04. The molecule has 0 aliphatic heterocycles. The second-order valence-electron chi connectivity index (χ2n) is 6.52. The quantitative estimate of drug-likeness (QED) is 0.371. The van der Waals surface area contributed by atoms with E-state index in [1.807, 2.05) is 36.4 Å². The number of amides is 2. The molecule has 0 radical (unpaired) electrons. The van der Waals surface area contributed by atoms with E-state index < -0.39 is 0 Å². The van der Waals surface area contributed by atoms with Crippen molar-refractivity contribution in [3.05, 3.63) is 88.8 Å². The molecular formula is C23H18ClN3OS. The van der Waals surface area contributed by atoms with Gasteiger partial charge in [0.1, 0.15) is 5.01 Å². The molecule has 4 rings (SSSR count). The van der Waals surface area contributed by atoms with Crippen molar-refractivity contribution in [3.63, 3.8) is 0 Å². The van der Waals surface area contributed by atoms with Gasteiger partial charge in [-0.3, -0.25) is 0 Å². The molecule has 0 spiro atoms. The van der Waals surface area contributed by atoms with Gasteiger partial charge in [-0.1, -0.05) is 54.1 Å². The standard InChI is InChI=1S/C23H18ClN3OS/c1-15-5-2-3-8-20(15)22-27-21(14-29-22)16-9-11-18(12-10-16)25-23(28)26-19-7-4-6-17(24)13-19/h2-14H,1H3,(H2,25,26,28). The first-order valence-corrected chi connectivity index (χ1v) is 10.3. The van der Waals surface area contributed by atoms with E-state index in [9.17, 15) is 4.79 Å². The van der Waals surface area contributed by atoms with Crippen LogP contribution in [0.25, 0.3) is 21.8 Å². The number of thiazole rings is 1. The Balaban J connectivity index is 1.44. The average Bonchev–Trinajstić information content (AvgIpc) is 3.19. The van der Waals surface area contributed by atoms with Crippen molar-refractivity contribution in [1.82, 2.24) is 4.98 Å². The second-order valence-corrected chi connectivity index (χ2v) is 7.81. The Labute approximate surface area is 178 Å². The molecule has 0 atom stereocenters. The van der Waals surface area contributed by atoms with Crippen molar-refractivity contribution in [3.8, 4) is 21.8 Å². The lowest BCUT2D eigenvalue weighted by molar-refractivity contribution is 0.262. The zero-order valence-corrected chi connectivity index (χ0v) is 17.2. The van der Waals surface area contributed by atoms with E-state index in [4.69, 9.17) is 16.6 Å². The summed E-state index contributed by atoms with van der Waals surface area (Å²) < 4.78 is 0. The maximum atomic E-state index is 12.2. The highest BCUT2D eigenvalue weighted by Crippen LogP contribution is 2.31. The molecule has 2 N–H and O–H groups in total. The summed E-state index contributed by atoms with van der Waals surface area (Å²) in [4.78, 5) is 16.9. The minimum absolute atomic E-state index is 0.324. The number of aryl methyl sites for hydroxylation is 1. The Hall–Kier alpha value is -3.15. The van der Waals surface area contributed by atoms with Crippen LogP contribution in [0.2, 0.25) is 5.02 Å². The molecule has 3 aromatic carbocycles. The summed E-state index contributed by atoms with van der Waals surface area (Å²) in [5.74, 6) is 0. The number of urea groups is 1. The maximum absolute atomic E-state index is 12.2. The summed E-state index contributed by atoms with van der Waals surface area (Å²) in [7, 11) is 0. The number of carbonyl (C=O) groups is 1. The SMILES string of the molecule is Cc1ccccc1-c1nc(-c2ccc(NC(=O)Nc3cccc(Cl)c3)cc2)cs1. The second kappa shape index (κ2) is 8.47. The van der Waals surface area contributed by atoms with E-state index in [1.165, 1.54) is 5.56 Å². The van der Waals surface area contributed by atoms with Gasteiger partial charge in [-0.05, 0) is 42.8 Å². The average molecular weight is 420 g/mol. The highest BCUT2D eigenvalue weighted by atomic mass is 35.5. The summed E-state index contributed by atoms with van der Waals surface area (Å²) in [6.45, 7) is 2.09. The third kappa shape index (κ3) is 4.65. The zero-order chi connectivity index (χ0) is 20.2. The van der Waals surface area contributed by atoms with Gasteiger partial charge in [0.15, 0.2) is 0 Å². The van der Waals surface area contributed by atoms with Crippen LogP contribution in [0.15, 0.2) is 78.2 Å². The molecule has 0 aliphatic carbocycles. The van der Waals surface area contributed by atoms with Gasteiger partial charge in [-0.15, -0.1) is 11.3 Å². The summed E-state index contributed by atoms with van der Waals surface area (Å²) >= 11 is 7.56. The first-order valence-electron chi connectivity index (χ1n) is 9.04. The predicted molar refractivity (Wildman–Crippen MR) is 122 cm³/mol. The van der Waals surface area contributed by atoms with E-state index >= 15 is 0 Å². The van der Waals surface area contributed by atoms with E-state index in [1.54, 1.807) is 35.6 Å². The molecule has 29 heavy (non-hydrogen) atoms. The van der Waals surface area contributed by atoms with Gasteiger partial charge in [0.2, 0.25) is 0 Å². The number of anilines is 2. The molecule has 0 aliphatic rings. The number of hydrogen-bond donors (Lipinski definition) is 2. The highest BCUT2D eigenvalue weighted by Gasteiger charge is 2.09. The molecule has 0 saturated carbocycles. The Morgan fingerprint density at radius 2 is 1.69 bits per heavy atom. The highest BCUT2D eigenvalue weighted by molar-refractivity contribution is 7.13. The van der Waals surface area contributed by atoms with E-state index in [2.05, 4.69) is 35.1 Å². The molecule has 4 nitrogen and oxygen atoms in total. The summed E-state index contributed by atoms with van der Waals surface area (Å²) in [5.41, 5.74) is 5.61. The Kier molecular flexibility index (Phi) is 5.60. The topological polar surface area (TPSA) is 54.0 Å². The van der Waals surface area contributed by atoms with Crippen LogP contribution >= 0.6 is 22.9 Å². The van der Waals surface area contributed by atoms with Crippen LogP contribution in [-0.4, -0.2) is 11.0 Å². The monoisotopic (exact) mass is 419 g/mol. The molecule has 1 heterocycles. The number of halogens is 1. The molecule has 6 heteroatoms. The van der Waals surface area contributed by atoms with Gasteiger partial charge in [0, 0.05) is 32.9 Å². The lowest BCUT2D eigenvalue weighted by Crippen LogP contribution is -2.19. The normalized spacial score (nSPS) is 10.6. The van der Waals surface area contributed by atoms with Crippen molar-refractivity contribution in [2.24, 2.45) is 0 Å². The van der Waals surface area contributed by atoms with Crippen molar-refractivity contribution >= 4 is 40.3 Å². The first-order chi connectivity index (χ1) is 14.1.